The molecule has 9 heteroatoms. The van der Waals surface area contributed by atoms with Crippen molar-refractivity contribution in [2.75, 3.05) is 13.2 Å². The van der Waals surface area contributed by atoms with Gasteiger partial charge in [0.2, 0.25) is 0 Å². The summed E-state index contributed by atoms with van der Waals surface area (Å²) in [5.41, 5.74) is -1.11. The first-order valence-electron chi connectivity index (χ1n) is 6.55. The van der Waals surface area contributed by atoms with Gasteiger partial charge >= 0.3 is 11.7 Å². The predicted octanol–water partition coefficient (Wildman–Crippen LogP) is 0.352. The maximum Gasteiger partial charge on any atom is 0.335 e. The highest BCUT2D eigenvalue weighted by Crippen LogP contribution is 2.26. The number of nitrogens with zero attached hydrogens (tertiary/aromatic N) is 1. The summed E-state index contributed by atoms with van der Waals surface area (Å²) in [5.74, 6) is -1.07. The Morgan fingerprint density at radius 1 is 1.30 bits per heavy atom. The average Bonchev–Trinajstić information content (AvgIpc) is 2.50. The van der Waals surface area contributed by atoms with Gasteiger partial charge in [0.1, 0.15) is 6.73 Å². The molecule has 0 atom stereocenters. The Balaban J connectivity index is 2.34. The normalized spacial score (nSPS) is 10.7. The number of hydrogen-bond acceptors (Lipinski definition) is 6. The topological polar surface area (TPSA) is 122 Å². The molecule has 1 aromatic heterocycles. The van der Waals surface area contributed by atoms with Crippen molar-refractivity contribution in [3.8, 4) is 0 Å². The molecule has 0 amide bonds. The van der Waals surface area contributed by atoms with Crippen LogP contribution in [0.4, 0.5) is 0 Å². The number of aromatic carboxylic acids is 1. The summed E-state index contributed by atoms with van der Waals surface area (Å²) in [5, 5.41) is 18.0. The van der Waals surface area contributed by atoms with Gasteiger partial charge in [-0.2, -0.15) is 0 Å². The molecule has 2 rings (SSSR count). The van der Waals surface area contributed by atoms with E-state index in [-0.39, 0.29) is 25.5 Å². The third kappa shape index (κ3) is 4.55. The molecule has 1 aromatic carbocycles. The van der Waals surface area contributed by atoms with Crippen LogP contribution in [0.5, 0.6) is 0 Å². The minimum Gasteiger partial charge on any atom is -0.478 e. The SMILES string of the molecule is O=C(O)c1cccc(Sc2cc(=O)[nH]c(=O)n2COCCO)c1. The molecule has 122 valence electrons. The Labute approximate surface area is 134 Å². The molecule has 0 unspecified atom stereocenters. The van der Waals surface area contributed by atoms with Gasteiger partial charge in [-0.1, -0.05) is 17.8 Å². The number of carboxylic acids is 1. The van der Waals surface area contributed by atoms with Crippen LogP contribution in [-0.4, -0.2) is 38.9 Å². The lowest BCUT2D eigenvalue weighted by Crippen LogP contribution is -2.31. The summed E-state index contributed by atoms with van der Waals surface area (Å²) >= 11 is 1.07. The first-order valence-corrected chi connectivity index (χ1v) is 7.37. The first kappa shape index (κ1) is 17.0. The van der Waals surface area contributed by atoms with E-state index in [9.17, 15) is 14.4 Å². The van der Waals surface area contributed by atoms with Crippen molar-refractivity contribution in [1.82, 2.24) is 9.55 Å². The van der Waals surface area contributed by atoms with Crippen LogP contribution in [0.3, 0.4) is 0 Å². The number of aliphatic hydroxyl groups excluding tert-OH is 1. The van der Waals surface area contributed by atoms with E-state index in [4.69, 9.17) is 14.9 Å². The monoisotopic (exact) mass is 338 g/mol. The fourth-order valence-electron chi connectivity index (χ4n) is 1.74. The summed E-state index contributed by atoms with van der Waals surface area (Å²) < 4.78 is 6.30. The first-order chi connectivity index (χ1) is 11.0. The van der Waals surface area contributed by atoms with Crippen molar-refractivity contribution >= 4 is 17.7 Å². The number of H-pyrrole nitrogens is 1. The van der Waals surface area contributed by atoms with Gasteiger partial charge in [-0.25, -0.2) is 9.59 Å². The lowest BCUT2D eigenvalue weighted by atomic mass is 10.2. The predicted molar refractivity (Wildman–Crippen MR) is 81.9 cm³/mol. The quantitative estimate of drug-likeness (QED) is 0.492. The number of carboxylic acid groups (broad SMARTS) is 1. The minimum atomic E-state index is -1.07. The van der Waals surface area contributed by atoms with Gasteiger partial charge in [-0.15, -0.1) is 0 Å². The smallest absolute Gasteiger partial charge is 0.335 e. The van der Waals surface area contributed by atoms with Crippen molar-refractivity contribution in [1.29, 1.82) is 0 Å². The van der Waals surface area contributed by atoms with Crippen LogP contribution in [0.15, 0.2) is 49.8 Å². The van der Waals surface area contributed by atoms with Crippen molar-refractivity contribution in [3.63, 3.8) is 0 Å². The number of carbonyl (C=O) groups is 1. The van der Waals surface area contributed by atoms with Crippen molar-refractivity contribution in [3.05, 3.63) is 56.7 Å². The number of nitrogens with one attached hydrogen (secondary N) is 1. The van der Waals surface area contributed by atoms with Gasteiger partial charge in [0, 0.05) is 11.0 Å². The maximum atomic E-state index is 11.9. The Morgan fingerprint density at radius 3 is 2.78 bits per heavy atom. The molecular weight excluding hydrogens is 324 g/mol. The molecule has 0 saturated heterocycles. The number of hydrogen-bond donors (Lipinski definition) is 3. The van der Waals surface area contributed by atoms with Crippen molar-refractivity contribution in [2.45, 2.75) is 16.7 Å². The highest BCUT2D eigenvalue weighted by molar-refractivity contribution is 7.99. The molecule has 0 aliphatic carbocycles. The van der Waals surface area contributed by atoms with E-state index in [0.717, 1.165) is 11.8 Å². The summed E-state index contributed by atoms with van der Waals surface area (Å²) in [4.78, 5) is 37.1. The molecule has 0 aliphatic rings. The average molecular weight is 338 g/mol. The van der Waals surface area contributed by atoms with Crippen LogP contribution < -0.4 is 11.2 Å². The summed E-state index contributed by atoms with van der Waals surface area (Å²) in [6.45, 7) is -0.289. The van der Waals surface area contributed by atoms with Gasteiger partial charge in [0.15, 0.2) is 0 Å². The third-order valence-corrected chi connectivity index (χ3v) is 3.79. The van der Waals surface area contributed by atoms with Crippen LogP contribution in [0.2, 0.25) is 0 Å². The van der Waals surface area contributed by atoms with E-state index >= 15 is 0 Å². The second kappa shape index (κ2) is 7.77. The summed E-state index contributed by atoms with van der Waals surface area (Å²) in [6.07, 6.45) is 0. The van der Waals surface area contributed by atoms with Crippen molar-refractivity contribution < 1.29 is 19.7 Å². The highest BCUT2D eigenvalue weighted by Gasteiger charge is 2.10. The molecule has 0 fully saturated rings. The summed E-state index contributed by atoms with van der Waals surface area (Å²) in [7, 11) is 0. The van der Waals surface area contributed by atoms with E-state index in [1.54, 1.807) is 12.1 Å². The van der Waals surface area contributed by atoms with Gasteiger partial charge in [0.25, 0.3) is 5.56 Å². The molecule has 3 N–H and O–H groups in total. The maximum absolute atomic E-state index is 11.9. The van der Waals surface area contributed by atoms with E-state index in [1.807, 2.05) is 0 Å². The van der Waals surface area contributed by atoms with Crippen molar-refractivity contribution in [2.24, 2.45) is 0 Å². The summed E-state index contributed by atoms with van der Waals surface area (Å²) in [6, 6.07) is 7.35. The minimum absolute atomic E-state index is 0.0458. The van der Waals surface area contributed by atoms with Crippen LogP contribution in [0.25, 0.3) is 0 Å². The van der Waals surface area contributed by atoms with E-state index < -0.39 is 17.2 Å². The second-order valence-corrected chi connectivity index (χ2v) is 5.49. The highest BCUT2D eigenvalue weighted by atomic mass is 32.2. The number of rotatable bonds is 7. The number of ether oxygens (including phenoxy) is 1. The molecule has 0 aliphatic heterocycles. The number of aliphatic hydroxyl groups is 1. The third-order valence-electron chi connectivity index (χ3n) is 2.76. The van der Waals surface area contributed by atoms with Gasteiger partial charge in [-0.3, -0.25) is 14.3 Å². The molecule has 0 bridgehead atoms. The van der Waals surface area contributed by atoms with Gasteiger partial charge in [0.05, 0.1) is 23.8 Å². The van der Waals surface area contributed by atoms with Gasteiger partial charge < -0.3 is 14.9 Å². The Hall–Kier alpha value is -2.36. The zero-order chi connectivity index (χ0) is 16.8. The lowest BCUT2D eigenvalue weighted by Gasteiger charge is -2.11. The fraction of sp³-hybridized carbons (Fsp3) is 0.214. The Kier molecular flexibility index (Phi) is 5.74. The van der Waals surface area contributed by atoms with E-state index in [0.29, 0.717) is 9.92 Å². The molecular formula is C14H14N2O6S. The lowest BCUT2D eigenvalue weighted by molar-refractivity contribution is 0.0413. The zero-order valence-electron chi connectivity index (χ0n) is 11.9. The van der Waals surface area contributed by atoms with E-state index in [2.05, 4.69) is 4.98 Å². The number of aromatic amines is 1. The zero-order valence-corrected chi connectivity index (χ0v) is 12.7. The number of benzene rings is 1. The van der Waals surface area contributed by atoms with Crippen LogP contribution >= 0.6 is 11.8 Å². The molecule has 1 heterocycles. The van der Waals surface area contributed by atoms with Crippen LogP contribution in [-0.2, 0) is 11.5 Å². The van der Waals surface area contributed by atoms with Crippen LogP contribution in [0, 0.1) is 0 Å². The standard InChI is InChI=1S/C14H14N2O6S/c17-4-5-22-8-16-12(7-11(18)15-14(16)21)23-10-3-1-2-9(6-10)13(19)20/h1-3,6-7,17H,4-5,8H2,(H,19,20)(H,15,18,21). The number of aromatic nitrogens is 2. The second-order valence-electron chi connectivity index (χ2n) is 4.40. The molecule has 2 aromatic rings. The molecule has 23 heavy (non-hydrogen) atoms. The largest absolute Gasteiger partial charge is 0.478 e. The molecule has 0 spiro atoms. The fourth-order valence-corrected chi connectivity index (χ4v) is 2.73. The Bertz CT molecular complexity index is 813. The molecule has 8 nitrogen and oxygen atoms in total. The van der Waals surface area contributed by atoms with Crippen LogP contribution in [0.1, 0.15) is 10.4 Å². The Morgan fingerprint density at radius 2 is 2.09 bits per heavy atom. The van der Waals surface area contributed by atoms with E-state index in [1.165, 1.54) is 22.8 Å². The molecule has 0 saturated carbocycles. The van der Waals surface area contributed by atoms with Gasteiger partial charge in [-0.05, 0) is 18.2 Å². The molecule has 0 radical (unpaired) electrons.